The summed E-state index contributed by atoms with van der Waals surface area (Å²) in [4.78, 5) is 2.42. The SMILES string of the molecule is CNCC1CN(Cc2cc(Cl)cc3c2OCC3)CCO1. The van der Waals surface area contributed by atoms with E-state index < -0.39 is 0 Å². The Balaban J connectivity index is 1.71. The Bertz CT molecular complexity index is 479. The third kappa shape index (κ3) is 3.09. The largest absolute Gasteiger partial charge is 0.493 e. The van der Waals surface area contributed by atoms with Crippen molar-refractivity contribution in [2.24, 2.45) is 0 Å². The van der Waals surface area contributed by atoms with E-state index in [-0.39, 0.29) is 6.10 Å². The smallest absolute Gasteiger partial charge is 0.127 e. The maximum absolute atomic E-state index is 6.22. The van der Waals surface area contributed by atoms with Crippen LogP contribution in [0.3, 0.4) is 0 Å². The van der Waals surface area contributed by atoms with Crippen LogP contribution >= 0.6 is 11.6 Å². The molecule has 5 heteroatoms. The number of benzene rings is 1. The Morgan fingerprint density at radius 1 is 1.40 bits per heavy atom. The molecule has 2 heterocycles. The zero-order chi connectivity index (χ0) is 13.9. The van der Waals surface area contributed by atoms with Crippen molar-refractivity contribution >= 4 is 11.6 Å². The van der Waals surface area contributed by atoms with Crippen LogP contribution in [0, 0.1) is 0 Å². The second kappa shape index (κ2) is 6.31. The van der Waals surface area contributed by atoms with E-state index >= 15 is 0 Å². The fourth-order valence-corrected chi connectivity index (χ4v) is 3.24. The summed E-state index contributed by atoms with van der Waals surface area (Å²) in [5.41, 5.74) is 2.45. The summed E-state index contributed by atoms with van der Waals surface area (Å²) in [5.74, 6) is 1.05. The highest BCUT2D eigenvalue weighted by Gasteiger charge is 2.23. The van der Waals surface area contributed by atoms with Gasteiger partial charge in [0.15, 0.2) is 0 Å². The number of halogens is 1. The first-order valence-corrected chi connectivity index (χ1v) is 7.56. The first-order chi connectivity index (χ1) is 9.76. The molecule has 1 aromatic carbocycles. The van der Waals surface area contributed by atoms with Crippen molar-refractivity contribution in [3.05, 3.63) is 28.3 Å². The maximum Gasteiger partial charge on any atom is 0.127 e. The molecule has 1 atom stereocenters. The Labute approximate surface area is 125 Å². The lowest BCUT2D eigenvalue weighted by atomic mass is 10.1. The Hall–Kier alpha value is -0.810. The standard InChI is InChI=1S/C15H21ClN2O2/c1-17-8-14-10-18(3-5-19-14)9-12-7-13(16)6-11-2-4-20-15(11)12/h6-7,14,17H,2-5,8-10H2,1H3. The molecule has 20 heavy (non-hydrogen) atoms. The summed E-state index contributed by atoms with van der Waals surface area (Å²) in [6, 6.07) is 4.06. The number of ether oxygens (including phenoxy) is 2. The van der Waals surface area contributed by atoms with Gasteiger partial charge in [-0.25, -0.2) is 0 Å². The van der Waals surface area contributed by atoms with Crippen molar-refractivity contribution in [3.63, 3.8) is 0 Å². The number of rotatable bonds is 4. The number of morpholine rings is 1. The van der Waals surface area contributed by atoms with Gasteiger partial charge in [0.1, 0.15) is 5.75 Å². The van der Waals surface area contributed by atoms with Crippen LogP contribution in [-0.2, 0) is 17.7 Å². The van der Waals surface area contributed by atoms with E-state index in [0.29, 0.717) is 0 Å². The molecule has 0 aromatic heterocycles. The molecule has 110 valence electrons. The van der Waals surface area contributed by atoms with E-state index in [0.717, 1.165) is 56.6 Å². The van der Waals surface area contributed by atoms with Crippen molar-refractivity contribution in [3.8, 4) is 5.75 Å². The highest BCUT2D eigenvalue weighted by Crippen LogP contribution is 2.33. The van der Waals surface area contributed by atoms with E-state index in [1.807, 2.05) is 19.2 Å². The van der Waals surface area contributed by atoms with Gasteiger partial charge in [0.05, 0.1) is 19.3 Å². The molecule has 0 aliphatic carbocycles. The van der Waals surface area contributed by atoms with Gasteiger partial charge in [0, 0.05) is 43.2 Å². The van der Waals surface area contributed by atoms with Crippen LogP contribution in [0.25, 0.3) is 0 Å². The number of likely N-dealkylation sites (N-methyl/N-ethyl adjacent to an activating group) is 1. The van der Waals surface area contributed by atoms with Gasteiger partial charge in [0.2, 0.25) is 0 Å². The van der Waals surface area contributed by atoms with Gasteiger partial charge in [-0.3, -0.25) is 4.90 Å². The lowest BCUT2D eigenvalue weighted by molar-refractivity contribution is -0.0293. The lowest BCUT2D eigenvalue weighted by Gasteiger charge is -2.33. The van der Waals surface area contributed by atoms with Crippen LogP contribution in [0.2, 0.25) is 5.02 Å². The van der Waals surface area contributed by atoms with E-state index in [1.54, 1.807) is 0 Å². The summed E-state index contributed by atoms with van der Waals surface area (Å²) in [6.45, 7) is 5.24. The Morgan fingerprint density at radius 3 is 3.15 bits per heavy atom. The minimum atomic E-state index is 0.266. The molecule has 1 N–H and O–H groups in total. The lowest BCUT2D eigenvalue weighted by Crippen LogP contribution is -2.45. The van der Waals surface area contributed by atoms with Crippen molar-refractivity contribution in [1.29, 1.82) is 0 Å². The second-order valence-corrected chi connectivity index (χ2v) is 5.87. The minimum absolute atomic E-state index is 0.266. The Morgan fingerprint density at radius 2 is 2.30 bits per heavy atom. The average Bonchev–Trinajstić information content (AvgIpc) is 2.87. The zero-order valence-electron chi connectivity index (χ0n) is 11.8. The molecule has 0 saturated carbocycles. The van der Waals surface area contributed by atoms with Crippen LogP contribution in [0.4, 0.5) is 0 Å². The molecule has 0 radical (unpaired) electrons. The van der Waals surface area contributed by atoms with Crippen LogP contribution in [0.1, 0.15) is 11.1 Å². The molecule has 0 amide bonds. The molecule has 2 aliphatic rings. The van der Waals surface area contributed by atoms with Gasteiger partial charge in [0.25, 0.3) is 0 Å². The highest BCUT2D eigenvalue weighted by molar-refractivity contribution is 6.30. The van der Waals surface area contributed by atoms with Crippen LogP contribution in [-0.4, -0.2) is 50.9 Å². The Kier molecular flexibility index (Phi) is 4.46. The molecule has 1 aromatic rings. The number of hydrogen-bond acceptors (Lipinski definition) is 4. The molecule has 1 saturated heterocycles. The summed E-state index contributed by atoms with van der Waals surface area (Å²) in [5, 5.41) is 3.98. The van der Waals surface area contributed by atoms with E-state index in [1.165, 1.54) is 11.1 Å². The maximum atomic E-state index is 6.22. The van der Waals surface area contributed by atoms with Gasteiger partial charge in [-0.2, -0.15) is 0 Å². The molecular weight excluding hydrogens is 276 g/mol. The first-order valence-electron chi connectivity index (χ1n) is 7.19. The van der Waals surface area contributed by atoms with Crippen molar-refractivity contribution < 1.29 is 9.47 Å². The molecule has 2 aliphatic heterocycles. The summed E-state index contributed by atoms with van der Waals surface area (Å²) in [6.07, 6.45) is 1.23. The summed E-state index contributed by atoms with van der Waals surface area (Å²) >= 11 is 6.22. The van der Waals surface area contributed by atoms with Gasteiger partial charge >= 0.3 is 0 Å². The number of fused-ring (bicyclic) bond motifs is 1. The predicted octanol–water partition coefficient (Wildman–Crippen LogP) is 1.70. The third-order valence-electron chi connectivity index (χ3n) is 3.87. The normalized spacial score (nSPS) is 22.6. The van der Waals surface area contributed by atoms with Crippen molar-refractivity contribution in [1.82, 2.24) is 10.2 Å². The van der Waals surface area contributed by atoms with Crippen molar-refractivity contribution in [2.45, 2.75) is 19.1 Å². The van der Waals surface area contributed by atoms with Gasteiger partial charge in [-0.15, -0.1) is 0 Å². The van der Waals surface area contributed by atoms with Crippen LogP contribution < -0.4 is 10.1 Å². The van der Waals surface area contributed by atoms with Gasteiger partial charge in [-0.05, 0) is 24.7 Å². The highest BCUT2D eigenvalue weighted by atomic mass is 35.5. The average molecular weight is 297 g/mol. The molecule has 4 nitrogen and oxygen atoms in total. The van der Waals surface area contributed by atoms with Gasteiger partial charge < -0.3 is 14.8 Å². The fraction of sp³-hybridized carbons (Fsp3) is 0.600. The molecule has 1 unspecified atom stereocenters. The predicted molar refractivity (Wildman–Crippen MR) is 79.6 cm³/mol. The second-order valence-electron chi connectivity index (χ2n) is 5.44. The number of nitrogens with zero attached hydrogens (tertiary/aromatic N) is 1. The van der Waals surface area contributed by atoms with E-state index in [4.69, 9.17) is 21.1 Å². The first kappa shape index (κ1) is 14.1. The number of nitrogens with one attached hydrogen (secondary N) is 1. The van der Waals surface area contributed by atoms with Crippen LogP contribution in [0.5, 0.6) is 5.75 Å². The molecule has 0 spiro atoms. The third-order valence-corrected chi connectivity index (χ3v) is 4.09. The molecular formula is C15H21ClN2O2. The van der Waals surface area contributed by atoms with E-state index in [2.05, 4.69) is 10.2 Å². The van der Waals surface area contributed by atoms with Crippen molar-refractivity contribution in [2.75, 3.05) is 39.9 Å². The minimum Gasteiger partial charge on any atom is -0.493 e. The fourth-order valence-electron chi connectivity index (χ4n) is 2.98. The van der Waals surface area contributed by atoms with Gasteiger partial charge in [-0.1, -0.05) is 11.6 Å². The molecule has 0 bridgehead atoms. The quantitative estimate of drug-likeness (QED) is 0.917. The topological polar surface area (TPSA) is 33.7 Å². The molecule has 3 rings (SSSR count). The van der Waals surface area contributed by atoms with E-state index in [9.17, 15) is 0 Å². The molecule has 1 fully saturated rings. The zero-order valence-corrected chi connectivity index (χ0v) is 12.6. The summed E-state index contributed by atoms with van der Waals surface area (Å²) < 4.78 is 11.5. The summed E-state index contributed by atoms with van der Waals surface area (Å²) in [7, 11) is 1.96. The monoisotopic (exact) mass is 296 g/mol. The number of hydrogen-bond donors (Lipinski definition) is 1. The van der Waals surface area contributed by atoms with Crippen LogP contribution in [0.15, 0.2) is 12.1 Å².